The topological polar surface area (TPSA) is 44.1 Å². The van der Waals surface area contributed by atoms with E-state index in [9.17, 15) is 4.79 Å². The Morgan fingerprint density at radius 1 is 1.64 bits per heavy atom. The lowest BCUT2D eigenvalue weighted by Gasteiger charge is -2.06. The number of aromatic nitrogens is 2. The second-order valence-electron chi connectivity index (χ2n) is 3.47. The van der Waals surface area contributed by atoms with E-state index in [1.54, 1.807) is 17.1 Å². The molecule has 0 bridgehead atoms. The molecule has 1 rings (SSSR count). The van der Waals surface area contributed by atoms with Gasteiger partial charge in [-0.1, -0.05) is 0 Å². The summed E-state index contributed by atoms with van der Waals surface area (Å²) in [5.41, 5.74) is 0.648. The summed E-state index contributed by atoms with van der Waals surface area (Å²) in [7, 11) is 0. The number of carbonyl (C=O) groups excluding carboxylic acids is 1. The van der Waals surface area contributed by atoms with Crippen LogP contribution >= 0.6 is 0 Å². The van der Waals surface area contributed by atoms with Crippen LogP contribution in [0.15, 0.2) is 12.4 Å². The van der Waals surface area contributed by atoms with E-state index in [1.165, 1.54) is 6.92 Å². The molecule has 0 N–H and O–H groups in total. The van der Waals surface area contributed by atoms with Crippen molar-refractivity contribution in [1.29, 1.82) is 0 Å². The molecule has 1 aromatic rings. The third-order valence-corrected chi connectivity index (χ3v) is 1.81. The third kappa shape index (κ3) is 3.30. The predicted octanol–water partition coefficient (Wildman–Crippen LogP) is 1.51. The molecule has 0 fully saturated rings. The van der Waals surface area contributed by atoms with Crippen LogP contribution in [0.2, 0.25) is 0 Å². The minimum atomic E-state index is 0.0426. The second kappa shape index (κ2) is 4.91. The minimum absolute atomic E-state index is 0.0426. The molecular formula is C10H16N2O2. The number of ether oxygens (including phenoxy) is 1. The number of nitrogens with zero attached hydrogens (tertiary/aromatic N) is 2. The average Bonchev–Trinajstić information content (AvgIpc) is 2.52. The molecule has 0 amide bonds. The van der Waals surface area contributed by atoms with E-state index in [0.29, 0.717) is 18.7 Å². The van der Waals surface area contributed by atoms with Crippen LogP contribution in [0.25, 0.3) is 0 Å². The van der Waals surface area contributed by atoms with Crippen molar-refractivity contribution in [3.05, 3.63) is 18.0 Å². The van der Waals surface area contributed by atoms with Gasteiger partial charge < -0.3 is 4.74 Å². The van der Waals surface area contributed by atoms with Crippen molar-refractivity contribution >= 4 is 5.78 Å². The molecule has 0 aliphatic carbocycles. The van der Waals surface area contributed by atoms with E-state index in [4.69, 9.17) is 4.74 Å². The molecule has 1 heterocycles. The zero-order chi connectivity index (χ0) is 10.6. The Bertz CT molecular complexity index is 305. The van der Waals surface area contributed by atoms with Crippen LogP contribution in [-0.4, -0.2) is 28.3 Å². The highest BCUT2D eigenvalue weighted by molar-refractivity contribution is 5.93. The summed E-state index contributed by atoms with van der Waals surface area (Å²) in [6.45, 7) is 6.82. The van der Waals surface area contributed by atoms with E-state index in [-0.39, 0.29) is 11.9 Å². The smallest absolute Gasteiger partial charge is 0.162 e. The fraction of sp³-hybridized carbons (Fsp3) is 0.600. The molecule has 1 aromatic heterocycles. The number of carbonyl (C=O) groups is 1. The van der Waals surface area contributed by atoms with Crippen LogP contribution < -0.4 is 0 Å². The molecule has 78 valence electrons. The Labute approximate surface area is 83.9 Å². The third-order valence-electron chi connectivity index (χ3n) is 1.81. The Balaban J connectivity index is 2.40. The molecule has 0 saturated carbocycles. The second-order valence-corrected chi connectivity index (χ2v) is 3.47. The van der Waals surface area contributed by atoms with Gasteiger partial charge in [0.2, 0.25) is 0 Å². The number of rotatable bonds is 5. The molecule has 0 aliphatic heterocycles. The average molecular weight is 196 g/mol. The van der Waals surface area contributed by atoms with Crippen LogP contribution in [0.4, 0.5) is 0 Å². The van der Waals surface area contributed by atoms with Crippen LogP contribution in [0.5, 0.6) is 0 Å². The molecular weight excluding hydrogens is 180 g/mol. The van der Waals surface area contributed by atoms with Gasteiger partial charge in [-0.25, -0.2) is 0 Å². The molecule has 0 saturated heterocycles. The Kier molecular flexibility index (Phi) is 3.83. The lowest BCUT2D eigenvalue weighted by atomic mass is 10.3. The highest BCUT2D eigenvalue weighted by Gasteiger charge is 2.02. The SMILES string of the molecule is CC(=O)c1cnn(CCOC(C)C)c1. The highest BCUT2D eigenvalue weighted by atomic mass is 16.5. The predicted molar refractivity (Wildman–Crippen MR) is 53.3 cm³/mol. The number of Topliss-reactive ketones (excluding diaryl/α,β-unsaturated/α-hetero) is 1. The maximum atomic E-state index is 11.0. The summed E-state index contributed by atoms with van der Waals surface area (Å²) < 4.78 is 7.09. The summed E-state index contributed by atoms with van der Waals surface area (Å²) in [6.07, 6.45) is 3.56. The molecule has 4 heteroatoms. The Morgan fingerprint density at radius 2 is 2.36 bits per heavy atom. The van der Waals surface area contributed by atoms with Crippen molar-refractivity contribution in [3.8, 4) is 0 Å². The highest BCUT2D eigenvalue weighted by Crippen LogP contribution is 1.98. The lowest BCUT2D eigenvalue weighted by Crippen LogP contribution is -2.10. The summed E-state index contributed by atoms with van der Waals surface area (Å²) in [5, 5.41) is 4.05. The van der Waals surface area contributed by atoms with Crippen molar-refractivity contribution in [1.82, 2.24) is 9.78 Å². The summed E-state index contributed by atoms with van der Waals surface area (Å²) in [5.74, 6) is 0.0426. The molecule has 0 aliphatic rings. The quantitative estimate of drug-likeness (QED) is 0.670. The first-order chi connectivity index (χ1) is 6.59. The molecule has 0 spiro atoms. The van der Waals surface area contributed by atoms with E-state index in [2.05, 4.69) is 5.10 Å². The fourth-order valence-corrected chi connectivity index (χ4v) is 1.05. The minimum Gasteiger partial charge on any atom is -0.377 e. The standard InChI is InChI=1S/C10H16N2O2/c1-8(2)14-5-4-12-7-10(6-11-12)9(3)13/h6-8H,4-5H2,1-3H3. The zero-order valence-electron chi connectivity index (χ0n) is 8.86. The van der Waals surface area contributed by atoms with Crippen LogP contribution in [0, 0.1) is 0 Å². The van der Waals surface area contributed by atoms with Crippen molar-refractivity contribution in [2.45, 2.75) is 33.4 Å². The van der Waals surface area contributed by atoms with E-state index >= 15 is 0 Å². The van der Waals surface area contributed by atoms with E-state index in [1.807, 2.05) is 13.8 Å². The van der Waals surface area contributed by atoms with Gasteiger partial charge in [0, 0.05) is 6.20 Å². The van der Waals surface area contributed by atoms with E-state index in [0.717, 1.165) is 0 Å². The number of hydrogen-bond acceptors (Lipinski definition) is 3. The molecule has 0 aromatic carbocycles. The lowest BCUT2D eigenvalue weighted by molar-refractivity contribution is 0.0709. The molecule has 0 atom stereocenters. The molecule has 0 unspecified atom stereocenters. The normalized spacial score (nSPS) is 10.9. The zero-order valence-corrected chi connectivity index (χ0v) is 8.86. The monoisotopic (exact) mass is 196 g/mol. The largest absolute Gasteiger partial charge is 0.377 e. The summed E-state index contributed by atoms with van der Waals surface area (Å²) >= 11 is 0. The maximum absolute atomic E-state index is 11.0. The molecule has 14 heavy (non-hydrogen) atoms. The van der Waals surface area contributed by atoms with Gasteiger partial charge in [-0.2, -0.15) is 5.10 Å². The van der Waals surface area contributed by atoms with Gasteiger partial charge in [0.15, 0.2) is 5.78 Å². The molecule has 0 radical (unpaired) electrons. The van der Waals surface area contributed by atoms with Crippen molar-refractivity contribution < 1.29 is 9.53 Å². The van der Waals surface area contributed by atoms with Crippen molar-refractivity contribution in [3.63, 3.8) is 0 Å². The van der Waals surface area contributed by atoms with Gasteiger partial charge in [-0.3, -0.25) is 9.48 Å². The van der Waals surface area contributed by atoms with Gasteiger partial charge in [0.25, 0.3) is 0 Å². The maximum Gasteiger partial charge on any atom is 0.162 e. The van der Waals surface area contributed by atoms with Gasteiger partial charge in [-0.15, -0.1) is 0 Å². The van der Waals surface area contributed by atoms with Gasteiger partial charge in [0.05, 0.1) is 31.0 Å². The first-order valence-corrected chi connectivity index (χ1v) is 4.74. The Morgan fingerprint density at radius 3 is 2.86 bits per heavy atom. The van der Waals surface area contributed by atoms with E-state index < -0.39 is 0 Å². The van der Waals surface area contributed by atoms with Crippen molar-refractivity contribution in [2.24, 2.45) is 0 Å². The van der Waals surface area contributed by atoms with Crippen LogP contribution in [-0.2, 0) is 11.3 Å². The number of hydrogen-bond donors (Lipinski definition) is 0. The number of ketones is 1. The molecule has 4 nitrogen and oxygen atoms in total. The summed E-state index contributed by atoms with van der Waals surface area (Å²) in [6, 6.07) is 0. The van der Waals surface area contributed by atoms with Gasteiger partial charge >= 0.3 is 0 Å². The first-order valence-electron chi connectivity index (χ1n) is 4.74. The first kappa shape index (κ1) is 10.9. The van der Waals surface area contributed by atoms with Crippen molar-refractivity contribution in [2.75, 3.05) is 6.61 Å². The van der Waals surface area contributed by atoms with Crippen LogP contribution in [0.3, 0.4) is 0 Å². The van der Waals surface area contributed by atoms with Gasteiger partial charge in [-0.05, 0) is 20.8 Å². The van der Waals surface area contributed by atoms with Crippen LogP contribution in [0.1, 0.15) is 31.1 Å². The fourth-order valence-electron chi connectivity index (χ4n) is 1.05. The Hall–Kier alpha value is -1.16. The van der Waals surface area contributed by atoms with Gasteiger partial charge in [0.1, 0.15) is 0 Å². The summed E-state index contributed by atoms with van der Waals surface area (Å²) in [4.78, 5) is 11.0.